The third kappa shape index (κ3) is 6.32. The van der Waals surface area contributed by atoms with Gasteiger partial charge in [-0.3, -0.25) is 4.98 Å². The molecule has 2 heterocycles. The van der Waals surface area contributed by atoms with Gasteiger partial charge in [0.25, 0.3) is 0 Å². The van der Waals surface area contributed by atoms with Crippen LogP contribution in [0.1, 0.15) is 5.56 Å². The summed E-state index contributed by atoms with van der Waals surface area (Å²) in [6, 6.07) is 16.3. The number of hydrogen-bond acceptors (Lipinski definition) is 7. The van der Waals surface area contributed by atoms with Crippen molar-refractivity contribution in [3.8, 4) is 0 Å². The molecule has 140 valence electrons. The van der Waals surface area contributed by atoms with Crippen molar-refractivity contribution in [3.05, 3.63) is 72.6 Å². The molecule has 0 aliphatic heterocycles. The Kier molecular flexibility index (Phi) is 6.29. The van der Waals surface area contributed by atoms with Crippen LogP contribution in [0, 0.1) is 0 Å². The number of sulfonamides is 1. The van der Waals surface area contributed by atoms with Gasteiger partial charge in [-0.05, 0) is 29.8 Å². The zero-order valence-electron chi connectivity index (χ0n) is 14.5. The van der Waals surface area contributed by atoms with E-state index < -0.39 is 10.0 Å². The second-order valence-corrected chi connectivity index (χ2v) is 7.54. The smallest absolute Gasteiger partial charge is 0.215 e. The third-order valence-electron chi connectivity index (χ3n) is 3.57. The van der Waals surface area contributed by atoms with E-state index in [-0.39, 0.29) is 12.3 Å². The zero-order valence-corrected chi connectivity index (χ0v) is 15.4. The highest BCUT2D eigenvalue weighted by atomic mass is 32.2. The molecule has 0 unspecified atom stereocenters. The minimum absolute atomic E-state index is 0.0387. The van der Waals surface area contributed by atoms with Crippen molar-refractivity contribution in [2.24, 2.45) is 0 Å². The predicted octanol–water partition coefficient (Wildman–Crippen LogP) is 2.15. The number of nitrogens with zero attached hydrogens (tertiary/aromatic N) is 3. The Bertz CT molecular complexity index is 935. The van der Waals surface area contributed by atoms with Gasteiger partial charge in [-0.25, -0.2) is 13.1 Å². The fraction of sp³-hybridized carbons (Fsp3) is 0.167. The molecule has 0 spiro atoms. The van der Waals surface area contributed by atoms with Crippen LogP contribution < -0.4 is 15.4 Å². The van der Waals surface area contributed by atoms with Gasteiger partial charge in [-0.15, -0.1) is 10.2 Å². The van der Waals surface area contributed by atoms with Gasteiger partial charge in [0.1, 0.15) is 5.82 Å². The van der Waals surface area contributed by atoms with Gasteiger partial charge in [-0.2, -0.15) is 0 Å². The lowest BCUT2D eigenvalue weighted by atomic mass is 10.2. The van der Waals surface area contributed by atoms with Crippen LogP contribution in [0.25, 0.3) is 0 Å². The molecule has 0 aliphatic carbocycles. The molecular formula is C18H20N6O2S. The minimum atomic E-state index is -3.37. The number of benzene rings is 1. The number of rotatable bonds is 9. The second-order valence-electron chi connectivity index (χ2n) is 5.73. The molecule has 8 nitrogen and oxygen atoms in total. The summed E-state index contributed by atoms with van der Waals surface area (Å²) in [6.45, 7) is 0.660. The van der Waals surface area contributed by atoms with E-state index in [1.54, 1.807) is 36.7 Å². The lowest BCUT2D eigenvalue weighted by Crippen LogP contribution is -2.30. The zero-order chi connectivity index (χ0) is 19.0. The summed E-state index contributed by atoms with van der Waals surface area (Å²) in [5.41, 5.74) is 1.62. The fourth-order valence-electron chi connectivity index (χ4n) is 2.32. The Morgan fingerprint density at radius 1 is 0.815 bits per heavy atom. The van der Waals surface area contributed by atoms with Gasteiger partial charge in [-0.1, -0.05) is 30.3 Å². The topological polar surface area (TPSA) is 109 Å². The summed E-state index contributed by atoms with van der Waals surface area (Å²) in [6.07, 6.45) is 3.37. The van der Waals surface area contributed by atoms with E-state index in [1.165, 1.54) is 0 Å². The number of nitrogens with one attached hydrogen (secondary N) is 3. The van der Waals surface area contributed by atoms with Crippen LogP contribution in [-0.2, 0) is 15.8 Å². The molecule has 1 aromatic carbocycles. The van der Waals surface area contributed by atoms with E-state index in [0.717, 1.165) is 11.3 Å². The molecule has 0 radical (unpaired) electrons. The molecule has 0 bridgehead atoms. The van der Waals surface area contributed by atoms with E-state index >= 15 is 0 Å². The summed E-state index contributed by atoms with van der Waals surface area (Å²) in [7, 11) is -3.37. The van der Waals surface area contributed by atoms with Crippen LogP contribution in [0.4, 0.5) is 17.3 Å². The quantitative estimate of drug-likeness (QED) is 0.485. The van der Waals surface area contributed by atoms with Crippen LogP contribution in [0.3, 0.4) is 0 Å². The van der Waals surface area contributed by atoms with Crippen molar-refractivity contribution in [2.45, 2.75) is 5.75 Å². The molecule has 3 rings (SSSR count). The van der Waals surface area contributed by atoms with Crippen molar-refractivity contribution in [3.63, 3.8) is 0 Å². The van der Waals surface area contributed by atoms with Crippen LogP contribution in [0.15, 0.2) is 67.0 Å². The van der Waals surface area contributed by atoms with Crippen LogP contribution in [0.5, 0.6) is 0 Å². The first kappa shape index (κ1) is 18.7. The molecule has 27 heavy (non-hydrogen) atoms. The highest BCUT2D eigenvalue weighted by molar-refractivity contribution is 7.88. The third-order valence-corrected chi connectivity index (χ3v) is 4.93. The van der Waals surface area contributed by atoms with E-state index in [4.69, 9.17) is 0 Å². The summed E-state index contributed by atoms with van der Waals surface area (Å²) >= 11 is 0. The standard InChI is InChI=1S/C18H20N6O2S/c25-27(26,14-15-4-2-1-3-5-15)21-13-12-20-17-6-7-18(24-23-17)22-16-8-10-19-11-9-16/h1-11,21H,12-14H2,(H,20,23)(H,19,22,24). The maximum absolute atomic E-state index is 12.0. The van der Waals surface area contributed by atoms with Crippen LogP contribution in [0.2, 0.25) is 0 Å². The van der Waals surface area contributed by atoms with E-state index in [1.807, 2.05) is 30.3 Å². The van der Waals surface area contributed by atoms with Gasteiger partial charge in [0.2, 0.25) is 10.0 Å². The fourth-order valence-corrected chi connectivity index (χ4v) is 3.46. The van der Waals surface area contributed by atoms with Gasteiger partial charge >= 0.3 is 0 Å². The highest BCUT2D eigenvalue weighted by Crippen LogP contribution is 2.13. The van der Waals surface area contributed by atoms with E-state index in [0.29, 0.717) is 18.2 Å². The van der Waals surface area contributed by atoms with Crippen molar-refractivity contribution >= 4 is 27.3 Å². The first-order valence-electron chi connectivity index (χ1n) is 8.37. The maximum Gasteiger partial charge on any atom is 0.215 e. The second kappa shape index (κ2) is 9.06. The summed E-state index contributed by atoms with van der Waals surface area (Å²) in [5, 5.41) is 14.3. The Balaban J connectivity index is 1.42. The Morgan fingerprint density at radius 2 is 1.52 bits per heavy atom. The van der Waals surface area contributed by atoms with Crippen molar-refractivity contribution < 1.29 is 8.42 Å². The molecule has 0 saturated carbocycles. The van der Waals surface area contributed by atoms with Gasteiger partial charge in [0.15, 0.2) is 5.82 Å². The average Bonchev–Trinajstić information content (AvgIpc) is 2.68. The Labute approximate surface area is 158 Å². The van der Waals surface area contributed by atoms with Crippen molar-refractivity contribution in [1.29, 1.82) is 0 Å². The number of hydrogen-bond donors (Lipinski definition) is 3. The predicted molar refractivity (Wildman–Crippen MR) is 105 cm³/mol. The summed E-state index contributed by atoms with van der Waals surface area (Å²) < 4.78 is 26.7. The first-order chi connectivity index (χ1) is 13.1. The Hall–Kier alpha value is -3.04. The minimum Gasteiger partial charge on any atom is -0.367 e. The molecule has 0 amide bonds. The van der Waals surface area contributed by atoms with Crippen LogP contribution in [-0.4, -0.2) is 36.7 Å². The monoisotopic (exact) mass is 384 g/mol. The number of aromatic nitrogens is 3. The van der Waals surface area contributed by atoms with Gasteiger partial charge in [0, 0.05) is 31.2 Å². The molecule has 3 N–H and O–H groups in total. The molecule has 0 saturated heterocycles. The van der Waals surface area contributed by atoms with E-state index in [2.05, 4.69) is 30.5 Å². The van der Waals surface area contributed by atoms with Crippen molar-refractivity contribution in [1.82, 2.24) is 19.9 Å². The maximum atomic E-state index is 12.0. The number of anilines is 3. The molecule has 2 aromatic heterocycles. The lowest BCUT2D eigenvalue weighted by Gasteiger charge is -2.09. The van der Waals surface area contributed by atoms with Gasteiger partial charge < -0.3 is 10.6 Å². The van der Waals surface area contributed by atoms with Crippen LogP contribution >= 0.6 is 0 Å². The molecule has 0 atom stereocenters. The first-order valence-corrected chi connectivity index (χ1v) is 10.0. The summed E-state index contributed by atoms with van der Waals surface area (Å²) in [5.74, 6) is 1.14. The Morgan fingerprint density at radius 3 is 2.22 bits per heavy atom. The van der Waals surface area contributed by atoms with E-state index in [9.17, 15) is 8.42 Å². The van der Waals surface area contributed by atoms with Gasteiger partial charge in [0.05, 0.1) is 5.75 Å². The number of pyridine rings is 1. The highest BCUT2D eigenvalue weighted by Gasteiger charge is 2.10. The largest absolute Gasteiger partial charge is 0.367 e. The lowest BCUT2D eigenvalue weighted by molar-refractivity contribution is 0.582. The average molecular weight is 384 g/mol. The van der Waals surface area contributed by atoms with Crippen molar-refractivity contribution in [2.75, 3.05) is 23.7 Å². The SMILES string of the molecule is O=S(=O)(Cc1ccccc1)NCCNc1ccc(Nc2ccncc2)nn1. The molecule has 0 aliphatic rings. The summed E-state index contributed by atoms with van der Waals surface area (Å²) in [4.78, 5) is 3.95. The molecule has 9 heteroatoms. The molecule has 0 fully saturated rings. The normalized spacial score (nSPS) is 11.1. The molecule has 3 aromatic rings. The molecular weight excluding hydrogens is 364 g/mol.